The summed E-state index contributed by atoms with van der Waals surface area (Å²) < 4.78 is 113. The molecule has 1 unspecified atom stereocenters. The molecule has 1 nitrogen and oxygen atoms in total. The normalized spacial score (nSPS) is 15.6. The summed E-state index contributed by atoms with van der Waals surface area (Å²) in [4.78, 5) is 10.4. The highest BCUT2D eigenvalue weighted by Crippen LogP contribution is 2.47. The smallest absolute Gasteiger partial charge is 0.288 e. The van der Waals surface area contributed by atoms with Crippen molar-refractivity contribution in [3.63, 3.8) is 0 Å². The molecule has 0 aromatic heterocycles. The number of carbonyl (C=O) groups excluding carboxylic acids is 1. The summed E-state index contributed by atoms with van der Waals surface area (Å²) in [7, 11) is 0. The SMILES string of the molecule is CC(=O)SCCC(F)(F)C(F)C(F)(F)C(F)(F)C(F)F. The van der Waals surface area contributed by atoms with Crippen LogP contribution in [0.5, 0.6) is 0 Å². The maximum Gasteiger partial charge on any atom is 0.372 e. The Kier molecular flexibility index (Phi) is 6.24. The number of hydrogen-bond donors (Lipinski definition) is 0. The van der Waals surface area contributed by atoms with E-state index in [4.69, 9.17) is 0 Å². The molecule has 0 aliphatic rings. The maximum absolute atomic E-state index is 13.0. The van der Waals surface area contributed by atoms with Gasteiger partial charge in [0.25, 0.3) is 5.92 Å². The summed E-state index contributed by atoms with van der Waals surface area (Å²) in [5, 5.41) is -0.680. The Bertz CT molecular complexity index is 344. The number of thioether (sulfide) groups is 1. The average molecular weight is 336 g/mol. The van der Waals surface area contributed by atoms with Gasteiger partial charge in [-0.2, -0.15) is 17.6 Å². The van der Waals surface area contributed by atoms with Crippen molar-refractivity contribution in [2.24, 2.45) is 0 Å². The van der Waals surface area contributed by atoms with Gasteiger partial charge in [-0.25, -0.2) is 22.0 Å². The molecule has 0 N–H and O–H groups in total. The molecule has 0 rings (SSSR count). The highest BCUT2D eigenvalue weighted by Gasteiger charge is 2.72. The van der Waals surface area contributed by atoms with Gasteiger partial charge in [0.15, 0.2) is 5.12 Å². The molecular formula is C9H9F9OS. The lowest BCUT2D eigenvalue weighted by molar-refractivity contribution is -0.310. The summed E-state index contributed by atoms with van der Waals surface area (Å²) in [6, 6.07) is 0. The van der Waals surface area contributed by atoms with E-state index in [2.05, 4.69) is 0 Å². The second kappa shape index (κ2) is 6.44. The van der Waals surface area contributed by atoms with Crippen molar-refractivity contribution in [1.82, 2.24) is 0 Å². The molecule has 0 aromatic rings. The Labute approximate surface area is 111 Å². The molecule has 0 saturated heterocycles. The molecule has 0 radical (unpaired) electrons. The van der Waals surface area contributed by atoms with Crippen molar-refractivity contribution < 1.29 is 44.3 Å². The number of rotatable bonds is 7. The van der Waals surface area contributed by atoms with Crippen LogP contribution in [0.25, 0.3) is 0 Å². The lowest BCUT2D eigenvalue weighted by atomic mass is 10.00. The van der Waals surface area contributed by atoms with Gasteiger partial charge in [-0.3, -0.25) is 4.79 Å². The van der Waals surface area contributed by atoms with Gasteiger partial charge in [0.2, 0.25) is 6.17 Å². The standard InChI is InChI=1S/C9H9F9OS/c1-4(19)20-3-2-7(13,14)5(10)8(15,16)9(17,18)6(11)12/h5-6H,2-3H2,1H3. The first-order valence-electron chi connectivity index (χ1n) is 4.96. The average Bonchev–Trinajstić information content (AvgIpc) is 2.26. The van der Waals surface area contributed by atoms with Gasteiger partial charge >= 0.3 is 18.3 Å². The number of halogens is 9. The summed E-state index contributed by atoms with van der Waals surface area (Å²) in [5.41, 5.74) is 0. The monoisotopic (exact) mass is 336 g/mol. The van der Waals surface area contributed by atoms with E-state index in [-0.39, 0.29) is 11.8 Å². The minimum absolute atomic E-state index is 0.234. The Morgan fingerprint density at radius 1 is 1.00 bits per heavy atom. The van der Waals surface area contributed by atoms with E-state index in [1.165, 1.54) is 0 Å². The summed E-state index contributed by atoms with van der Waals surface area (Å²) in [5.74, 6) is -18.3. The Morgan fingerprint density at radius 2 is 1.45 bits per heavy atom. The van der Waals surface area contributed by atoms with E-state index in [0.717, 1.165) is 6.92 Å². The van der Waals surface area contributed by atoms with Crippen molar-refractivity contribution in [2.75, 3.05) is 5.75 Å². The van der Waals surface area contributed by atoms with Gasteiger partial charge in [-0.05, 0) is 0 Å². The molecule has 0 aliphatic heterocycles. The predicted molar refractivity (Wildman–Crippen MR) is 53.5 cm³/mol. The molecule has 120 valence electrons. The molecule has 0 heterocycles. The predicted octanol–water partition coefficient (Wildman–Crippen LogP) is 4.17. The minimum Gasteiger partial charge on any atom is -0.288 e. The first-order chi connectivity index (χ1) is 8.76. The van der Waals surface area contributed by atoms with Gasteiger partial charge in [0.1, 0.15) is 0 Å². The van der Waals surface area contributed by atoms with E-state index in [1.807, 2.05) is 0 Å². The second-order valence-electron chi connectivity index (χ2n) is 3.76. The quantitative estimate of drug-likeness (QED) is 0.649. The third-order valence-electron chi connectivity index (χ3n) is 2.15. The summed E-state index contributed by atoms with van der Waals surface area (Å²) >= 11 is 0.234. The fourth-order valence-electron chi connectivity index (χ4n) is 1.04. The first kappa shape index (κ1) is 19.4. The molecule has 1 atom stereocenters. The second-order valence-corrected chi connectivity index (χ2v) is 5.03. The van der Waals surface area contributed by atoms with E-state index in [1.54, 1.807) is 0 Å². The van der Waals surface area contributed by atoms with Crippen LogP contribution >= 0.6 is 11.8 Å². The van der Waals surface area contributed by atoms with Crippen LogP contribution in [0.1, 0.15) is 13.3 Å². The van der Waals surface area contributed by atoms with Crippen LogP contribution in [-0.4, -0.2) is 41.2 Å². The topological polar surface area (TPSA) is 17.1 Å². The molecule has 20 heavy (non-hydrogen) atoms. The minimum atomic E-state index is -6.24. The van der Waals surface area contributed by atoms with Crippen molar-refractivity contribution in [2.45, 2.75) is 43.7 Å². The van der Waals surface area contributed by atoms with E-state index >= 15 is 0 Å². The van der Waals surface area contributed by atoms with Crippen LogP contribution < -0.4 is 0 Å². The molecule has 0 aliphatic carbocycles. The van der Waals surface area contributed by atoms with Crippen LogP contribution in [0.15, 0.2) is 0 Å². The first-order valence-corrected chi connectivity index (χ1v) is 5.94. The largest absolute Gasteiger partial charge is 0.372 e. The van der Waals surface area contributed by atoms with Crippen LogP contribution in [0.4, 0.5) is 39.5 Å². The maximum atomic E-state index is 13.0. The third kappa shape index (κ3) is 4.19. The van der Waals surface area contributed by atoms with Gasteiger partial charge in [0.05, 0.1) is 0 Å². The molecule has 11 heteroatoms. The molecule has 0 spiro atoms. The number of hydrogen-bond acceptors (Lipinski definition) is 2. The van der Waals surface area contributed by atoms with Crippen LogP contribution in [0, 0.1) is 0 Å². The molecule has 0 amide bonds. The van der Waals surface area contributed by atoms with Gasteiger partial charge in [-0.15, -0.1) is 0 Å². The van der Waals surface area contributed by atoms with Gasteiger partial charge in [-0.1, -0.05) is 11.8 Å². The van der Waals surface area contributed by atoms with Crippen LogP contribution in [0.3, 0.4) is 0 Å². The fraction of sp³-hybridized carbons (Fsp3) is 0.889. The highest BCUT2D eigenvalue weighted by atomic mass is 32.2. The van der Waals surface area contributed by atoms with E-state index in [9.17, 15) is 44.3 Å². The zero-order valence-corrected chi connectivity index (χ0v) is 10.6. The summed E-state index contributed by atoms with van der Waals surface area (Å²) in [6.45, 7) is 0.954. The van der Waals surface area contributed by atoms with Gasteiger partial charge < -0.3 is 0 Å². The third-order valence-corrected chi connectivity index (χ3v) is 2.96. The Morgan fingerprint density at radius 3 is 1.80 bits per heavy atom. The number of carbonyl (C=O) groups is 1. The lowest BCUT2D eigenvalue weighted by Gasteiger charge is -2.32. The van der Waals surface area contributed by atoms with Crippen molar-refractivity contribution in [3.8, 4) is 0 Å². The van der Waals surface area contributed by atoms with Crippen LogP contribution in [-0.2, 0) is 4.79 Å². The molecule has 0 saturated carbocycles. The molecular weight excluding hydrogens is 327 g/mol. The zero-order chi connectivity index (χ0) is 16.4. The molecule has 0 aromatic carbocycles. The fourth-order valence-corrected chi connectivity index (χ4v) is 1.70. The molecule has 0 fully saturated rings. The van der Waals surface area contributed by atoms with E-state index < -0.39 is 47.7 Å². The summed E-state index contributed by atoms with van der Waals surface area (Å²) in [6.07, 6.45) is -11.5. The molecule has 0 bridgehead atoms. The van der Waals surface area contributed by atoms with Crippen molar-refractivity contribution in [3.05, 3.63) is 0 Å². The Balaban J connectivity index is 5.01. The van der Waals surface area contributed by atoms with E-state index in [0.29, 0.717) is 0 Å². The van der Waals surface area contributed by atoms with Crippen molar-refractivity contribution >= 4 is 16.9 Å². The lowest BCUT2D eigenvalue weighted by Crippen LogP contribution is -2.57. The van der Waals surface area contributed by atoms with Crippen LogP contribution in [0.2, 0.25) is 0 Å². The number of alkyl halides is 9. The van der Waals surface area contributed by atoms with Crippen molar-refractivity contribution in [1.29, 1.82) is 0 Å². The van der Waals surface area contributed by atoms with Gasteiger partial charge in [0, 0.05) is 19.1 Å². The zero-order valence-electron chi connectivity index (χ0n) is 9.79. The Hall–Kier alpha value is -0.610. The highest BCUT2D eigenvalue weighted by molar-refractivity contribution is 8.13.